The average Bonchev–Trinajstić information content (AvgIpc) is 3.83. The van der Waals surface area contributed by atoms with Crippen LogP contribution in [-0.4, -0.2) is 0 Å². The lowest BCUT2D eigenvalue weighted by Gasteiger charge is -2.28. The van der Waals surface area contributed by atoms with Crippen molar-refractivity contribution < 1.29 is 4.42 Å². The number of benzene rings is 8. The fourth-order valence-electron chi connectivity index (χ4n) is 8.74. The van der Waals surface area contributed by atoms with Crippen molar-refractivity contribution in [3.8, 4) is 22.3 Å². The smallest absolute Gasteiger partial charge is 0.143 e. The third-order valence-electron chi connectivity index (χ3n) is 11.2. The first kappa shape index (κ1) is 29.6. The van der Waals surface area contributed by atoms with Gasteiger partial charge in [0.25, 0.3) is 0 Å². The Balaban J connectivity index is 1.12. The fourth-order valence-corrected chi connectivity index (χ4v) is 9.88. The van der Waals surface area contributed by atoms with Gasteiger partial charge in [-0.15, -0.1) is 11.3 Å². The van der Waals surface area contributed by atoms with Crippen molar-refractivity contribution in [3.63, 3.8) is 0 Å². The Morgan fingerprint density at radius 2 is 1.17 bits per heavy atom. The Hall–Kier alpha value is -6.16. The predicted molar refractivity (Wildman–Crippen MR) is 222 cm³/mol. The summed E-state index contributed by atoms with van der Waals surface area (Å²) in [7, 11) is 0. The molecule has 0 aliphatic heterocycles. The lowest BCUT2D eigenvalue weighted by atomic mass is 9.82. The van der Waals surface area contributed by atoms with Crippen molar-refractivity contribution in [2.45, 2.75) is 19.3 Å². The molecular formula is C49H33NOS. The van der Waals surface area contributed by atoms with Gasteiger partial charge in [-0.2, -0.15) is 0 Å². The van der Waals surface area contributed by atoms with Gasteiger partial charge in [-0.05, 0) is 93.4 Å². The zero-order valence-electron chi connectivity index (χ0n) is 28.9. The van der Waals surface area contributed by atoms with Crippen molar-refractivity contribution in [2.24, 2.45) is 0 Å². The number of nitrogens with zero attached hydrogens (tertiary/aromatic N) is 1. The van der Waals surface area contributed by atoms with Crippen LogP contribution in [0, 0.1) is 0 Å². The van der Waals surface area contributed by atoms with E-state index in [0.29, 0.717) is 0 Å². The number of hydrogen-bond acceptors (Lipinski definition) is 3. The van der Waals surface area contributed by atoms with Crippen molar-refractivity contribution in [1.82, 2.24) is 0 Å². The summed E-state index contributed by atoms with van der Waals surface area (Å²) in [5, 5.41) is 7.23. The first-order valence-corrected chi connectivity index (χ1v) is 18.7. The van der Waals surface area contributed by atoms with Gasteiger partial charge in [-0.3, -0.25) is 0 Å². The first-order chi connectivity index (χ1) is 25.5. The van der Waals surface area contributed by atoms with Crippen LogP contribution < -0.4 is 4.90 Å². The van der Waals surface area contributed by atoms with E-state index >= 15 is 0 Å². The summed E-state index contributed by atoms with van der Waals surface area (Å²) in [6.45, 7) is 4.71. The van der Waals surface area contributed by atoms with Gasteiger partial charge in [0.1, 0.15) is 11.2 Å². The van der Waals surface area contributed by atoms with Gasteiger partial charge >= 0.3 is 0 Å². The minimum atomic E-state index is -0.104. The average molecular weight is 684 g/mol. The van der Waals surface area contributed by atoms with E-state index in [9.17, 15) is 0 Å². The maximum Gasteiger partial charge on any atom is 0.143 e. The molecule has 0 radical (unpaired) electrons. The maximum atomic E-state index is 6.59. The van der Waals surface area contributed by atoms with Gasteiger partial charge in [0.05, 0.1) is 0 Å². The van der Waals surface area contributed by atoms with Gasteiger partial charge in [0.2, 0.25) is 0 Å². The van der Waals surface area contributed by atoms with Crippen molar-refractivity contribution in [1.29, 1.82) is 0 Å². The quantitative estimate of drug-likeness (QED) is 0.184. The molecule has 2 aromatic heterocycles. The molecule has 1 aliphatic rings. The van der Waals surface area contributed by atoms with Crippen LogP contribution in [0.3, 0.4) is 0 Å². The van der Waals surface area contributed by atoms with Crippen LogP contribution in [0.1, 0.15) is 25.0 Å². The second-order valence-electron chi connectivity index (χ2n) is 14.5. The number of fused-ring (bicyclic) bond motifs is 11. The van der Waals surface area contributed by atoms with Crippen LogP contribution in [-0.2, 0) is 5.41 Å². The molecule has 1 aliphatic carbocycles. The molecule has 2 nitrogen and oxygen atoms in total. The highest BCUT2D eigenvalue weighted by atomic mass is 32.1. The third-order valence-corrected chi connectivity index (χ3v) is 12.4. The lowest BCUT2D eigenvalue weighted by Crippen LogP contribution is -2.16. The highest BCUT2D eigenvalue weighted by Crippen LogP contribution is 2.51. The molecule has 52 heavy (non-hydrogen) atoms. The third kappa shape index (κ3) is 4.23. The molecule has 8 aromatic carbocycles. The Morgan fingerprint density at radius 1 is 0.481 bits per heavy atom. The summed E-state index contributed by atoms with van der Waals surface area (Å²) < 4.78 is 9.19. The molecule has 0 atom stereocenters. The summed E-state index contributed by atoms with van der Waals surface area (Å²) in [6.07, 6.45) is 0. The van der Waals surface area contributed by atoms with E-state index in [1.54, 1.807) is 0 Å². The summed E-state index contributed by atoms with van der Waals surface area (Å²) in [4.78, 5) is 2.44. The summed E-state index contributed by atoms with van der Waals surface area (Å²) in [6, 6.07) is 60.0. The zero-order valence-corrected chi connectivity index (χ0v) is 29.7. The Kier molecular flexibility index (Phi) is 6.21. The van der Waals surface area contributed by atoms with Crippen LogP contribution in [0.4, 0.5) is 17.1 Å². The van der Waals surface area contributed by atoms with E-state index in [-0.39, 0.29) is 5.41 Å². The number of hydrogen-bond donors (Lipinski definition) is 0. The molecular weight excluding hydrogens is 651 g/mol. The van der Waals surface area contributed by atoms with Gasteiger partial charge in [-0.25, -0.2) is 0 Å². The molecule has 0 saturated carbocycles. The van der Waals surface area contributed by atoms with E-state index in [2.05, 4.69) is 183 Å². The molecule has 0 bridgehead atoms. The topological polar surface area (TPSA) is 16.4 Å². The molecule has 0 N–H and O–H groups in total. The molecule has 0 unspecified atom stereocenters. The second-order valence-corrected chi connectivity index (χ2v) is 15.6. The van der Waals surface area contributed by atoms with Gasteiger partial charge in [0, 0.05) is 58.8 Å². The minimum Gasteiger partial charge on any atom is -0.455 e. The molecule has 2 heterocycles. The maximum absolute atomic E-state index is 6.59. The SMILES string of the molecule is CC1(C)c2ccccc2-c2ccc(N(c3cccc(-c4cccc5oc6c7ccccc7ccc6c45)c3)c3ccc4c(c3)sc3ccccc34)cc21. The largest absolute Gasteiger partial charge is 0.455 e. The number of rotatable bonds is 4. The van der Waals surface area contributed by atoms with Crippen molar-refractivity contribution >= 4 is 81.3 Å². The van der Waals surface area contributed by atoms with Crippen LogP contribution in [0.15, 0.2) is 168 Å². The lowest BCUT2D eigenvalue weighted by molar-refractivity contribution is 0.660. The van der Waals surface area contributed by atoms with Crippen molar-refractivity contribution in [2.75, 3.05) is 4.90 Å². The predicted octanol–water partition coefficient (Wildman–Crippen LogP) is 14.6. The molecule has 10 aromatic rings. The van der Waals surface area contributed by atoms with Gasteiger partial charge < -0.3 is 9.32 Å². The second kappa shape index (κ2) is 10.9. The molecule has 0 saturated heterocycles. The molecule has 0 spiro atoms. The fraction of sp³-hybridized carbons (Fsp3) is 0.0612. The van der Waals surface area contributed by atoms with Crippen LogP contribution in [0.25, 0.3) is 75.1 Å². The van der Waals surface area contributed by atoms with Crippen LogP contribution >= 0.6 is 11.3 Å². The van der Waals surface area contributed by atoms with Crippen LogP contribution in [0.5, 0.6) is 0 Å². The summed E-state index contributed by atoms with van der Waals surface area (Å²) in [5.41, 5.74) is 12.9. The van der Waals surface area contributed by atoms with E-state index < -0.39 is 0 Å². The van der Waals surface area contributed by atoms with E-state index in [1.165, 1.54) is 53.4 Å². The highest BCUT2D eigenvalue weighted by Gasteiger charge is 2.35. The number of thiophene rings is 1. The van der Waals surface area contributed by atoms with E-state index in [1.807, 2.05) is 11.3 Å². The molecule has 0 fully saturated rings. The molecule has 11 rings (SSSR count). The van der Waals surface area contributed by atoms with E-state index in [0.717, 1.165) is 50.0 Å². The zero-order chi connectivity index (χ0) is 34.6. The Labute approximate surface area is 305 Å². The summed E-state index contributed by atoms with van der Waals surface area (Å²) in [5.74, 6) is 0. The number of furan rings is 1. The number of anilines is 3. The monoisotopic (exact) mass is 683 g/mol. The minimum absolute atomic E-state index is 0.104. The van der Waals surface area contributed by atoms with Gasteiger partial charge in [-0.1, -0.05) is 123 Å². The highest BCUT2D eigenvalue weighted by molar-refractivity contribution is 7.25. The molecule has 0 amide bonds. The Bertz CT molecular complexity index is 3070. The molecule has 246 valence electrons. The normalized spacial score (nSPS) is 13.3. The van der Waals surface area contributed by atoms with E-state index in [4.69, 9.17) is 4.42 Å². The first-order valence-electron chi connectivity index (χ1n) is 17.9. The standard InChI is InChI=1S/C49H33NOS/c1-49(2)42-18-7-5-15-37(42)38-25-22-33(28-43(38)49)50(34-23-26-40-39-16-6-8-20-45(39)52-46(40)29-34)32-13-9-12-31(27-32)35-17-10-19-44-47(35)41-24-21-30-11-3-4-14-36(30)48(41)51-44/h3-29H,1-2H3. The van der Waals surface area contributed by atoms with Gasteiger partial charge in [0.15, 0.2) is 0 Å². The summed E-state index contributed by atoms with van der Waals surface area (Å²) >= 11 is 1.86. The molecule has 3 heteroatoms. The Morgan fingerprint density at radius 3 is 2.12 bits per heavy atom. The van der Waals surface area contributed by atoms with Crippen LogP contribution in [0.2, 0.25) is 0 Å². The van der Waals surface area contributed by atoms with Crippen molar-refractivity contribution in [3.05, 3.63) is 175 Å².